The lowest BCUT2D eigenvalue weighted by Gasteiger charge is -2.31. The SMILES string of the molecule is C[C@@H]1Cc2c(C(=O)N3CCc4c(ccnc4N(C)C)C3)n[nH]c2[C@H](C)O1. The number of hydrogen-bond donors (Lipinski definition) is 1. The number of hydrogen-bond acceptors (Lipinski definition) is 5. The number of fused-ring (bicyclic) bond motifs is 2. The average molecular weight is 355 g/mol. The molecule has 0 spiro atoms. The summed E-state index contributed by atoms with van der Waals surface area (Å²) in [7, 11) is 4.00. The molecule has 0 aliphatic carbocycles. The highest BCUT2D eigenvalue weighted by molar-refractivity contribution is 5.94. The fourth-order valence-corrected chi connectivity index (χ4v) is 4.03. The van der Waals surface area contributed by atoms with Gasteiger partial charge in [-0.25, -0.2) is 4.98 Å². The second-order valence-electron chi connectivity index (χ2n) is 7.40. The van der Waals surface area contributed by atoms with E-state index in [0.717, 1.165) is 35.5 Å². The minimum atomic E-state index is -0.0568. The summed E-state index contributed by atoms with van der Waals surface area (Å²) in [6.07, 6.45) is 3.39. The molecular formula is C19H25N5O2. The number of ether oxygens (including phenoxy) is 1. The van der Waals surface area contributed by atoms with Gasteiger partial charge in [-0.15, -0.1) is 0 Å². The van der Waals surface area contributed by atoms with Gasteiger partial charge in [-0.3, -0.25) is 9.89 Å². The molecule has 138 valence electrons. The molecule has 2 aliphatic heterocycles. The number of nitrogens with one attached hydrogen (secondary N) is 1. The van der Waals surface area contributed by atoms with E-state index in [4.69, 9.17) is 4.74 Å². The molecule has 26 heavy (non-hydrogen) atoms. The zero-order chi connectivity index (χ0) is 18.4. The molecule has 2 aromatic heterocycles. The number of carbonyl (C=O) groups excluding carboxylic acids is 1. The van der Waals surface area contributed by atoms with Crippen molar-refractivity contribution in [3.63, 3.8) is 0 Å². The smallest absolute Gasteiger partial charge is 0.274 e. The molecule has 0 saturated heterocycles. The van der Waals surface area contributed by atoms with Crippen LogP contribution in [0.1, 0.15) is 52.8 Å². The number of nitrogens with zero attached hydrogens (tertiary/aromatic N) is 4. The van der Waals surface area contributed by atoms with Crippen LogP contribution in [0, 0.1) is 0 Å². The summed E-state index contributed by atoms with van der Waals surface area (Å²) in [5.41, 5.74) is 4.89. The highest BCUT2D eigenvalue weighted by Crippen LogP contribution is 2.32. The van der Waals surface area contributed by atoms with Gasteiger partial charge in [0.25, 0.3) is 5.91 Å². The number of anilines is 1. The van der Waals surface area contributed by atoms with E-state index in [-0.39, 0.29) is 18.1 Å². The van der Waals surface area contributed by atoms with E-state index in [1.54, 1.807) is 0 Å². The van der Waals surface area contributed by atoms with Gasteiger partial charge >= 0.3 is 0 Å². The van der Waals surface area contributed by atoms with Gasteiger partial charge in [-0.2, -0.15) is 5.10 Å². The van der Waals surface area contributed by atoms with Crippen LogP contribution in [0.15, 0.2) is 12.3 Å². The summed E-state index contributed by atoms with van der Waals surface area (Å²) in [5, 5.41) is 7.36. The molecule has 4 heterocycles. The van der Waals surface area contributed by atoms with Crippen LogP contribution >= 0.6 is 0 Å². The maximum Gasteiger partial charge on any atom is 0.274 e. The van der Waals surface area contributed by atoms with Gasteiger partial charge in [0.1, 0.15) is 5.82 Å². The predicted molar refractivity (Wildman–Crippen MR) is 98.3 cm³/mol. The third kappa shape index (κ3) is 2.76. The zero-order valence-electron chi connectivity index (χ0n) is 15.7. The van der Waals surface area contributed by atoms with E-state index in [9.17, 15) is 4.79 Å². The standard InChI is InChI=1S/C19H25N5O2/c1-11-9-15-16(12(2)26-11)21-22-17(15)19(25)24-8-6-14-13(10-24)5-7-20-18(14)23(3)4/h5,7,11-12H,6,8-10H2,1-4H3,(H,21,22)/t11-,12+/m1/s1. The molecule has 7 nitrogen and oxygen atoms in total. The van der Waals surface area contributed by atoms with Crippen LogP contribution in [-0.4, -0.2) is 52.7 Å². The number of aromatic amines is 1. The third-order valence-corrected chi connectivity index (χ3v) is 5.27. The summed E-state index contributed by atoms with van der Waals surface area (Å²) >= 11 is 0. The highest BCUT2D eigenvalue weighted by Gasteiger charge is 2.32. The Morgan fingerprint density at radius 1 is 1.35 bits per heavy atom. The molecule has 0 saturated carbocycles. The first-order chi connectivity index (χ1) is 12.5. The van der Waals surface area contributed by atoms with E-state index >= 15 is 0 Å². The van der Waals surface area contributed by atoms with Crippen molar-refractivity contribution < 1.29 is 9.53 Å². The summed E-state index contributed by atoms with van der Waals surface area (Å²) in [5.74, 6) is 0.990. The van der Waals surface area contributed by atoms with Gasteiger partial charge in [-0.05, 0) is 31.9 Å². The average Bonchev–Trinajstić information content (AvgIpc) is 3.04. The van der Waals surface area contributed by atoms with Crippen LogP contribution in [0.25, 0.3) is 0 Å². The number of amides is 1. The lowest BCUT2D eigenvalue weighted by Crippen LogP contribution is -2.37. The first kappa shape index (κ1) is 17.0. The monoisotopic (exact) mass is 355 g/mol. The van der Waals surface area contributed by atoms with E-state index in [2.05, 4.69) is 15.2 Å². The van der Waals surface area contributed by atoms with Crippen molar-refractivity contribution in [1.82, 2.24) is 20.1 Å². The second-order valence-corrected chi connectivity index (χ2v) is 7.40. The molecule has 0 bridgehead atoms. The van der Waals surface area contributed by atoms with Crippen LogP contribution < -0.4 is 4.90 Å². The lowest BCUT2D eigenvalue weighted by atomic mass is 9.97. The van der Waals surface area contributed by atoms with Crippen LogP contribution in [0.3, 0.4) is 0 Å². The van der Waals surface area contributed by atoms with E-state index in [1.807, 2.05) is 50.0 Å². The normalized spacial score (nSPS) is 21.9. The third-order valence-electron chi connectivity index (χ3n) is 5.27. The highest BCUT2D eigenvalue weighted by atomic mass is 16.5. The van der Waals surface area contributed by atoms with Crippen molar-refractivity contribution in [3.05, 3.63) is 40.3 Å². The van der Waals surface area contributed by atoms with Gasteiger partial charge in [0, 0.05) is 50.9 Å². The Hall–Kier alpha value is -2.41. The molecule has 1 N–H and O–H groups in total. The second kappa shape index (κ2) is 6.39. The van der Waals surface area contributed by atoms with Crippen molar-refractivity contribution in [2.24, 2.45) is 0 Å². The Morgan fingerprint density at radius 3 is 2.92 bits per heavy atom. The van der Waals surface area contributed by atoms with Crippen molar-refractivity contribution in [2.45, 2.75) is 45.4 Å². The fourth-order valence-electron chi connectivity index (χ4n) is 4.03. The molecule has 0 aromatic carbocycles. The Labute approximate surface area is 153 Å². The predicted octanol–water partition coefficient (Wildman–Crippen LogP) is 2.09. The Morgan fingerprint density at radius 2 is 2.15 bits per heavy atom. The van der Waals surface area contributed by atoms with Gasteiger partial charge in [0.2, 0.25) is 0 Å². The molecule has 1 amide bonds. The quantitative estimate of drug-likeness (QED) is 0.893. The largest absolute Gasteiger partial charge is 0.369 e. The maximum atomic E-state index is 13.2. The topological polar surface area (TPSA) is 74.4 Å². The lowest BCUT2D eigenvalue weighted by molar-refractivity contribution is -0.00702. The van der Waals surface area contributed by atoms with Crippen LogP contribution in [-0.2, 0) is 24.1 Å². The molecule has 0 radical (unpaired) electrons. The fraction of sp³-hybridized carbons (Fsp3) is 0.526. The molecular weight excluding hydrogens is 330 g/mol. The minimum absolute atomic E-state index is 0.00216. The van der Waals surface area contributed by atoms with Crippen LogP contribution in [0.4, 0.5) is 5.82 Å². The van der Waals surface area contributed by atoms with Gasteiger partial charge < -0.3 is 14.5 Å². The Kier molecular flexibility index (Phi) is 4.19. The number of H-pyrrole nitrogens is 1. The molecule has 7 heteroatoms. The van der Waals surface area contributed by atoms with Crippen molar-refractivity contribution in [3.8, 4) is 0 Å². The molecule has 2 aliphatic rings. The molecule has 0 unspecified atom stereocenters. The summed E-state index contributed by atoms with van der Waals surface area (Å²) in [6.45, 7) is 5.31. The van der Waals surface area contributed by atoms with Gasteiger partial charge in [-0.1, -0.05) is 0 Å². The number of aromatic nitrogens is 3. The van der Waals surface area contributed by atoms with E-state index < -0.39 is 0 Å². The van der Waals surface area contributed by atoms with Crippen LogP contribution in [0.2, 0.25) is 0 Å². The molecule has 2 atom stereocenters. The zero-order valence-corrected chi connectivity index (χ0v) is 15.7. The minimum Gasteiger partial charge on any atom is -0.369 e. The first-order valence-electron chi connectivity index (χ1n) is 9.11. The molecule has 0 fully saturated rings. The van der Waals surface area contributed by atoms with Crippen molar-refractivity contribution >= 4 is 11.7 Å². The summed E-state index contributed by atoms with van der Waals surface area (Å²) in [4.78, 5) is 21.6. The number of pyridine rings is 1. The number of rotatable bonds is 2. The van der Waals surface area contributed by atoms with E-state index in [1.165, 1.54) is 5.56 Å². The van der Waals surface area contributed by atoms with Gasteiger partial charge in [0.15, 0.2) is 5.69 Å². The maximum absolute atomic E-state index is 13.2. The van der Waals surface area contributed by atoms with Crippen molar-refractivity contribution in [1.29, 1.82) is 0 Å². The Balaban J connectivity index is 1.61. The first-order valence-corrected chi connectivity index (χ1v) is 9.11. The molecule has 4 rings (SSSR count). The Bertz CT molecular complexity index is 844. The van der Waals surface area contributed by atoms with E-state index in [0.29, 0.717) is 18.8 Å². The van der Waals surface area contributed by atoms with Crippen LogP contribution in [0.5, 0.6) is 0 Å². The molecule has 2 aromatic rings. The summed E-state index contributed by atoms with van der Waals surface area (Å²) in [6, 6.07) is 2.01. The van der Waals surface area contributed by atoms with Gasteiger partial charge in [0.05, 0.1) is 17.9 Å². The summed E-state index contributed by atoms with van der Waals surface area (Å²) < 4.78 is 5.83. The number of carbonyl (C=O) groups is 1. The van der Waals surface area contributed by atoms with Crippen molar-refractivity contribution in [2.75, 3.05) is 25.5 Å².